The van der Waals surface area contributed by atoms with Crippen molar-refractivity contribution >= 4 is 45.7 Å². The lowest BCUT2D eigenvalue weighted by Gasteiger charge is -2.09. The predicted molar refractivity (Wildman–Crippen MR) is 112 cm³/mol. The molecule has 0 atom stereocenters. The molecule has 0 fully saturated rings. The maximum atomic E-state index is 12.6. The van der Waals surface area contributed by atoms with Crippen LogP contribution in [0.25, 0.3) is 0 Å². The Morgan fingerprint density at radius 3 is 2.48 bits per heavy atom. The van der Waals surface area contributed by atoms with Gasteiger partial charge in [0, 0.05) is 16.0 Å². The van der Waals surface area contributed by atoms with Gasteiger partial charge in [-0.25, -0.2) is 4.98 Å². The second-order valence-corrected chi connectivity index (χ2v) is 7.82. The summed E-state index contributed by atoms with van der Waals surface area (Å²) in [7, 11) is 0. The summed E-state index contributed by atoms with van der Waals surface area (Å²) >= 11 is 2.72. The molecule has 0 aliphatic heterocycles. The molecule has 0 aliphatic rings. The zero-order chi connectivity index (χ0) is 19.2. The van der Waals surface area contributed by atoms with Gasteiger partial charge < -0.3 is 5.32 Å². The van der Waals surface area contributed by atoms with E-state index in [-0.39, 0.29) is 17.6 Å². The predicted octanol–water partition coefficient (Wildman–Crippen LogP) is 4.74. The van der Waals surface area contributed by atoms with Crippen molar-refractivity contribution in [3.05, 3.63) is 70.7 Å². The van der Waals surface area contributed by atoms with E-state index in [2.05, 4.69) is 15.6 Å². The lowest BCUT2D eigenvalue weighted by Crippen LogP contribution is -2.15. The van der Waals surface area contributed by atoms with Crippen molar-refractivity contribution in [2.24, 2.45) is 0 Å². The number of aryl methyl sites for hydroxylation is 2. The monoisotopic (exact) mass is 397 g/mol. The normalized spacial score (nSPS) is 10.4. The van der Waals surface area contributed by atoms with E-state index in [1.807, 2.05) is 55.6 Å². The van der Waals surface area contributed by atoms with E-state index >= 15 is 0 Å². The highest BCUT2D eigenvalue weighted by Crippen LogP contribution is 2.24. The Labute approximate surface area is 166 Å². The lowest BCUT2D eigenvalue weighted by molar-refractivity contribution is -0.113. The number of thioether (sulfide) groups is 1. The number of aromatic nitrogens is 1. The van der Waals surface area contributed by atoms with Crippen LogP contribution in [0.5, 0.6) is 0 Å². The molecule has 0 saturated carbocycles. The molecule has 0 saturated heterocycles. The fraction of sp³-hybridized carbons (Fsp3) is 0.150. The molecule has 2 amide bonds. The highest BCUT2D eigenvalue weighted by Gasteiger charge is 2.14. The van der Waals surface area contributed by atoms with E-state index in [1.165, 1.54) is 23.1 Å². The minimum atomic E-state index is -0.230. The van der Waals surface area contributed by atoms with Crippen molar-refractivity contribution in [2.75, 3.05) is 16.4 Å². The average molecular weight is 398 g/mol. The third-order valence-electron chi connectivity index (χ3n) is 3.67. The van der Waals surface area contributed by atoms with Crippen LogP contribution in [0.1, 0.15) is 21.6 Å². The van der Waals surface area contributed by atoms with E-state index in [0.717, 1.165) is 21.8 Å². The second-order valence-electron chi connectivity index (χ2n) is 5.95. The molecule has 0 bridgehead atoms. The maximum Gasteiger partial charge on any atom is 0.258 e. The molecule has 27 heavy (non-hydrogen) atoms. The SMILES string of the molecule is Cc1ccc(NC(=O)CSc2ccccc2C(=O)Nc2nc(C)cs2)cc1. The first-order chi connectivity index (χ1) is 13.0. The molecule has 5 nitrogen and oxygen atoms in total. The number of nitrogens with zero attached hydrogens (tertiary/aromatic N) is 1. The molecule has 0 radical (unpaired) electrons. The number of rotatable bonds is 6. The Morgan fingerprint density at radius 1 is 1.04 bits per heavy atom. The van der Waals surface area contributed by atoms with Gasteiger partial charge >= 0.3 is 0 Å². The van der Waals surface area contributed by atoms with Crippen LogP contribution in [-0.2, 0) is 4.79 Å². The van der Waals surface area contributed by atoms with Crippen LogP contribution in [0.15, 0.2) is 58.8 Å². The summed E-state index contributed by atoms with van der Waals surface area (Å²) in [5.41, 5.74) is 3.29. The number of hydrogen-bond acceptors (Lipinski definition) is 5. The topological polar surface area (TPSA) is 71.1 Å². The fourth-order valence-electron chi connectivity index (χ4n) is 2.33. The molecule has 138 valence electrons. The summed E-state index contributed by atoms with van der Waals surface area (Å²) in [5, 5.41) is 8.11. The standard InChI is InChI=1S/C20H19N3O2S2/c1-13-7-9-15(10-8-13)22-18(24)12-26-17-6-4-3-5-16(17)19(25)23-20-21-14(2)11-27-20/h3-11H,12H2,1-2H3,(H,22,24)(H,21,23,25). The van der Waals surface area contributed by atoms with Crippen LogP contribution in [0.2, 0.25) is 0 Å². The van der Waals surface area contributed by atoms with E-state index in [9.17, 15) is 9.59 Å². The second kappa shape index (κ2) is 8.83. The molecule has 0 spiro atoms. The van der Waals surface area contributed by atoms with Gasteiger partial charge in [-0.05, 0) is 38.1 Å². The molecule has 2 N–H and O–H groups in total. The summed E-state index contributed by atoms with van der Waals surface area (Å²) in [6, 6.07) is 14.9. The number of benzene rings is 2. The summed E-state index contributed by atoms with van der Waals surface area (Å²) in [5.74, 6) is -0.129. The number of thiazole rings is 1. The van der Waals surface area contributed by atoms with Crippen LogP contribution in [0, 0.1) is 13.8 Å². The highest BCUT2D eigenvalue weighted by molar-refractivity contribution is 8.00. The number of nitrogens with one attached hydrogen (secondary N) is 2. The van der Waals surface area contributed by atoms with Crippen LogP contribution >= 0.6 is 23.1 Å². The van der Waals surface area contributed by atoms with E-state index in [0.29, 0.717) is 10.7 Å². The molecule has 1 aromatic heterocycles. The summed E-state index contributed by atoms with van der Waals surface area (Å²) in [6.45, 7) is 3.87. The Morgan fingerprint density at radius 2 is 1.78 bits per heavy atom. The summed E-state index contributed by atoms with van der Waals surface area (Å²) in [4.78, 5) is 29.8. The summed E-state index contributed by atoms with van der Waals surface area (Å²) < 4.78 is 0. The van der Waals surface area contributed by atoms with Gasteiger partial charge in [-0.15, -0.1) is 23.1 Å². The van der Waals surface area contributed by atoms with Crippen LogP contribution in [0.3, 0.4) is 0 Å². The van der Waals surface area contributed by atoms with Crippen LogP contribution in [0.4, 0.5) is 10.8 Å². The Kier molecular flexibility index (Phi) is 6.26. The van der Waals surface area contributed by atoms with Crippen molar-refractivity contribution < 1.29 is 9.59 Å². The smallest absolute Gasteiger partial charge is 0.258 e. The minimum absolute atomic E-state index is 0.116. The van der Waals surface area contributed by atoms with Gasteiger partial charge in [0.25, 0.3) is 5.91 Å². The largest absolute Gasteiger partial charge is 0.325 e. The molecule has 2 aromatic carbocycles. The Bertz CT molecular complexity index is 952. The fourth-order valence-corrected chi connectivity index (χ4v) is 3.87. The highest BCUT2D eigenvalue weighted by atomic mass is 32.2. The molecular weight excluding hydrogens is 378 g/mol. The average Bonchev–Trinajstić information content (AvgIpc) is 3.07. The Balaban J connectivity index is 1.62. The first-order valence-electron chi connectivity index (χ1n) is 8.33. The van der Waals surface area contributed by atoms with Crippen LogP contribution in [-0.4, -0.2) is 22.6 Å². The van der Waals surface area contributed by atoms with E-state index in [4.69, 9.17) is 0 Å². The third kappa shape index (κ3) is 5.42. The van der Waals surface area contributed by atoms with Crippen molar-refractivity contribution in [3.8, 4) is 0 Å². The molecule has 3 rings (SSSR count). The van der Waals surface area contributed by atoms with Gasteiger partial charge in [-0.2, -0.15) is 0 Å². The number of anilines is 2. The van der Waals surface area contributed by atoms with Crippen molar-refractivity contribution in [1.82, 2.24) is 4.98 Å². The molecule has 3 aromatic rings. The number of amides is 2. The molecule has 7 heteroatoms. The lowest BCUT2D eigenvalue weighted by atomic mass is 10.2. The number of carbonyl (C=O) groups excluding carboxylic acids is 2. The maximum absolute atomic E-state index is 12.6. The van der Waals surface area contributed by atoms with Crippen molar-refractivity contribution in [2.45, 2.75) is 18.7 Å². The molecule has 0 unspecified atom stereocenters. The van der Waals surface area contributed by atoms with Crippen LogP contribution < -0.4 is 10.6 Å². The summed E-state index contributed by atoms with van der Waals surface area (Å²) in [6.07, 6.45) is 0. The number of carbonyl (C=O) groups is 2. The Hall–Kier alpha value is -2.64. The number of hydrogen-bond donors (Lipinski definition) is 2. The molecular formula is C20H19N3O2S2. The van der Waals surface area contributed by atoms with Crippen molar-refractivity contribution in [1.29, 1.82) is 0 Å². The van der Waals surface area contributed by atoms with Gasteiger partial charge in [0.05, 0.1) is 17.0 Å². The zero-order valence-corrected chi connectivity index (χ0v) is 16.6. The van der Waals surface area contributed by atoms with Gasteiger partial charge in [-0.3, -0.25) is 14.9 Å². The van der Waals surface area contributed by atoms with Crippen molar-refractivity contribution in [3.63, 3.8) is 0 Å². The third-order valence-corrected chi connectivity index (χ3v) is 5.61. The zero-order valence-electron chi connectivity index (χ0n) is 15.0. The van der Waals surface area contributed by atoms with E-state index in [1.54, 1.807) is 12.1 Å². The quantitative estimate of drug-likeness (QED) is 0.589. The van der Waals surface area contributed by atoms with Gasteiger partial charge in [0.1, 0.15) is 0 Å². The van der Waals surface area contributed by atoms with Gasteiger partial charge in [0.2, 0.25) is 5.91 Å². The van der Waals surface area contributed by atoms with Gasteiger partial charge in [0.15, 0.2) is 5.13 Å². The van der Waals surface area contributed by atoms with Gasteiger partial charge in [-0.1, -0.05) is 29.8 Å². The molecule has 0 aliphatic carbocycles. The first kappa shape index (κ1) is 19.1. The van der Waals surface area contributed by atoms with E-state index < -0.39 is 0 Å². The first-order valence-corrected chi connectivity index (χ1v) is 10.2. The molecule has 1 heterocycles. The minimum Gasteiger partial charge on any atom is -0.325 e.